The van der Waals surface area contributed by atoms with Crippen LogP contribution in [0, 0.1) is 0 Å². The Morgan fingerprint density at radius 2 is 1.72 bits per heavy atom. The van der Waals surface area contributed by atoms with Gasteiger partial charge in [-0.05, 0) is 75.2 Å². The third-order valence-corrected chi connectivity index (χ3v) is 6.32. The monoisotopic (exact) mass is 398 g/mol. The van der Waals surface area contributed by atoms with Crippen LogP contribution in [0.1, 0.15) is 48.2 Å². The van der Waals surface area contributed by atoms with E-state index < -0.39 is 0 Å². The minimum Gasteiger partial charge on any atom is -0.502 e. The van der Waals surface area contributed by atoms with Crippen LogP contribution >= 0.6 is 0 Å². The molecule has 6 heteroatoms. The second kappa shape index (κ2) is 7.76. The van der Waals surface area contributed by atoms with Crippen LogP contribution in [0.4, 0.5) is 0 Å². The average Bonchev–Trinajstić information content (AvgIpc) is 2.72. The van der Waals surface area contributed by atoms with E-state index in [9.17, 15) is 5.11 Å². The number of likely N-dealkylation sites (N-methyl/N-ethyl adjacent to an activating group) is 1. The summed E-state index contributed by atoms with van der Waals surface area (Å²) in [4.78, 5) is 2.33. The molecule has 2 N–H and O–H groups in total. The molecule has 0 bridgehead atoms. The Kier molecular flexibility index (Phi) is 5.32. The van der Waals surface area contributed by atoms with Gasteiger partial charge >= 0.3 is 0 Å². The van der Waals surface area contributed by atoms with E-state index in [0.717, 1.165) is 37.1 Å². The number of benzene rings is 2. The second-order valence-corrected chi connectivity index (χ2v) is 7.97. The van der Waals surface area contributed by atoms with Crippen LogP contribution in [-0.4, -0.2) is 44.4 Å². The molecule has 0 radical (unpaired) electrons. The molecule has 4 rings (SSSR count). The fraction of sp³-hybridized carbons (Fsp3) is 0.478. The molecule has 2 aromatic rings. The minimum absolute atomic E-state index is 0.0201. The van der Waals surface area contributed by atoms with Crippen molar-refractivity contribution >= 4 is 0 Å². The van der Waals surface area contributed by atoms with Gasteiger partial charge in [0.1, 0.15) is 0 Å². The van der Waals surface area contributed by atoms with Crippen LogP contribution in [-0.2, 0) is 12.8 Å². The molecule has 0 spiro atoms. The summed E-state index contributed by atoms with van der Waals surface area (Å²) in [6.07, 6.45) is 1.84. The maximum atomic E-state index is 10.9. The Morgan fingerprint density at radius 3 is 2.45 bits per heavy atom. The molecule has 29 heavy (non-hydrogen) atoms. The second-order valence-electron chi connectivity index (χ2n) is 7.97. The summed E-state index contributed by atoms with van der Waals surface area (Å²) in [5.74, 6) is 2.17. The highest BCUT2D eigenvalue weighted by Crippen LogP contribution is 2.49. The summed E-state index contributed by atoms with van der Waals surface area (Å²) in [6, 6.07) is 6.40. The van der Waals surface area contributed by atoms with E-state index in [2.05, 4.69) is 43.2 Å². The molecule has 2 heterocycles. The van der Waals surface area contributed by atoms with Gasteiger partial charge in [0, 0.05) is 24.2 Å². The molecule has 0 amide bonds. The first-order chi connectivity index (χ1) is 13.9. The Morgan fingerprint density at radius 1 is 1.00 bits per heavy atom. The number of hydrogen-bond acceptors (Lipinski definition) is 6. The van der Waals surface area contributed by atoms with Crippen LogP contribution in [0.15, 0.2) is 18.2 Å². The molecule has 156 valence electrons. The predicted molar refractivity (Wildman–Crippen MR) is 113 cm³/mol. The topological polar surface area (TPSA) is 63.2 Å². The lowest BCUT2D eigenvalue weighted by Gasteiger charge is -2.33. The lowest BCUT2D eigenvalue weighted by Crippen LogP contribution is -2.30. The summed E-state index contributed by atoms with van der Waals surface area (Å²) in [6.45, 7) is 6.18. The third-order valence-electron chi connectivity index (χ3n) is 6.32. The number of methoxy groups -OCH3 is 2. The average molecular weight is 399 g/mol. The minimum atomic E-state index is 0.0201. The van der Waals surface area contributed by atoms with Gasteiger partial charge in [-0.25, -0.2) is 0 Å². The van der Waals surface area contributed by atoms with E-state index in [1.807, 2.05) is 6.07 Å². The highest BCUT2D eigenvalue weighted by Gasteiger charge is 2.29. The maximum absolute atomic E-state index is 10.9. The van der Waals surface area contributed by atoms with Gasteiger partial charge in [0.2, 0.25) is 5.75 Å². The zero-order valence-electron chi connectivity index (χ0n) is 17.8. The zero-order valence-corrected chi connectivity index (χ0v) is 17.8. The van der Waals surface area contributed by atoms with Crippen LogP contribution in [0.3, 0.4) is 0 Å². The summed E-state index contributed by atoms with van der Waals surface area (Å²) in [5, 5.41) is 14.3. The van der Waals surface area contributed by atoms with Gasteiger partial charge in [-0.1, -0.05) is 0 Å². The number of aromatic hydroxyl groups is 1. The first-order valence-corrected chi connectivity index (χ1v) is 10.2. The van der Waals surface area contributed by atoms with Crippen molar-refractivity contribution in [2.75, 3.05) is 34.4 Å². The quantitative estimate of drug-likeness (QED) is 0.813. The maximum Gasteiger partial charge on any atom is 0.201 e. The molecule has 0 saturated carbocycles. The van der Waals surface area contributed by atoms with E-state index in [0.29, 0.717) is 29.0 Å². The number of hydrogen-bond donors (Lipinski definition) is 2. The van der Waals surface area contributed by atoms with E-state index in [4.69, 9.17) is 14.2 Å². The van der Waals surface area contributed by atoms with Crippen molar-refractivity contribution in [2.45, 2.75) is 38.8 Å². The Labute approximate surface area is 172 Å². The van der Waals surface area contributed by atoms with Crippen LogP contribution in [0.25, 0.3) is 0 Å². The fourth-order valence-electron chi connectivity index (χ4n) is 4.46. The molecule has 0 saturated heterocycles. The molecule has 0 unspecified atom stereocenters. The number of fused-ring (bicyclic) bond motifs is 2. The highest BCUT2D eigenvalue weighted by atomic mass is 16.5. The largest absolute Gasteiger partial charge is 0.502 e. The lowest BCUT2D eigenvalue weighted by molar-refractivity contribution is 0.246. The van der Waals surface area contributed by atoms with Gasteiger partial charge < -0.3 is 24.6 Å². The normalized spacial score (nSPS) is 21.3. The smallest absolute Gasteiger partial charge is 0.201 e. The van der Waals surface area contributed by atoms with E-state index >= 15 is 0 Å². The highest BCUT2D eigenvalue weighted by molar-refractivity contribution is 5.62. The number of ether oxygens (including phenoxy) is 3. The fourth-order valence-corrected chi connectivity index (χ4v) is 4.46. The predicted octanol–water partition coefficient (Wildman–Crippen LogP) is 3.96. The number of nitrogens with one attached hydrogen (secondary N) is 1. The molecule has 2 aliphatic rings. The molecule has 2 aliphatic heterocycles. The van der Waals surface area contributed by atoms with Crippen molar-refractivity contribution in [3.63, 3.8) is 0 Å². The van der Waals surface area contributed by atoms with Crippen molar-refractivity contribution in [3.8, 4) is 28.7 Å². The SMILES string of the molecule is COc1cc2c(cc1Oc1c(O)c(OC)cc3c1[C@@H](C)NCC3)[C@@H](C)N(C)CC2. The van der Waals surface area contributed by atoms with Gasteiger partial charge in [-0.15, -0.1) is 0 Å². The van der Waals surface area contributed by atoms with Gasteiger partial charge in [-0.3, -0.25) is 4.90 Å². The van der Waals surface area contributed by atoms with Crippen molar-refractivity contribution in [2.24, 2.45) is 0 Å². The third kappa shape index (κ3) is 3.40. The van der Waals surface area contributed by atoms with Gasteiger partial charge in [0.05, 0.1) is 14.2 Å². The molecular weight excluding hydrogens is 368 g/mol. The van der Waals surface area contributed by atoms with Crippen molar-refractivity contribution < 1.29 is 19.3 Å². The van der Waals surface area contributed by atoms with Crippen LogP contribution < -0.4 is 19.5 Å². The summed E-state index contributed by atoms with van der Waals surface area (Å²) in [7, 11) is 5.35. The van der Waals surface area contributed by atoms with E-state index in [-0.39, 0.29) is 11.8 Å². The summed E-state index contributed by atoms with van der Waals surface area (Å²) in [5.41, 5.74) is 4.62. The lowest BCUT2D eigenvalue weighted by atomic mass is 9.92. The first kappa shape index (κ1) is 19.9. The molecule has 2 atom stereocenters. The molecule has 0 fully saturated rings. The van der Waals surface area contributed by atoms with Crippen molar-refractivity contribution in [1.82, 2.24) is 10.2 Å². The van der Waals surface area contributed by atoms with Gasteiger partial charge in [-0.2, -0.15) is 0 Å². The van der Waals surface area contributed by atoms with Crippen LogP contribution in [0.2, 0.25) is 0 Å². The first-order valence-electron chi connectivity index (χ1n) is 10.2. The summed E-state index contributed by atoms with van der Waals surface area (Å²) < 4.78 is 17.4. The molecule has 6 nitrogen and oxygen atoms in total. The zero-order chi connectivity index (χ0) is 20.7. The van der Waals surface area contributed by atoms with E-state index in [1.165, 1.54) is 11.1 Å². The standard InChI is InChI=1S/C23H30N2O4/c1-13-21-16(6-8-24-13)11-20(28-5)22(26)23(21)29-19-12-17-14(2)25(3)9-7-15(17)10-18(19)27-4/h10-14,24,26H,6-9H2,1-5H3/t13-,14-/m1/s1. The van der Waals surface area contributed by atoms with Crippen molar-refractivity contribution in [3.05, 3.63) is 40.5 Å². The van der Waals surface area contributed by atoms with Gasteiger partial charge in [0.25, 0.3) is 0 Å². The molecule has 0 aliphatic carbocycles. The Hall–Kier alpha value is -2.44. The van der Waals surface area contributed by atoms with Gasteiger partial charge in [0.15, 0.2) is 23.0 Å². The number of rotatable bonds is 4. The molecule has 0 aromatic heterocycles. The van der Waals surface area contributed by atoms with Crippen LogP contribution in [0.5, 0.6) is 28.7 Å². The summed E-state index contributed by atoms with van der Waals surface area (Å²) >= 11 is 0. The number of nitrogens with zero attached hydrogens (tertiary/aromatic N) is 1. The Bertz CT molecular complexity index is 928. The Balaban J connectivity index is 1.84. The van der Waals surface area contributed by atoms with E-state index in [1.54, 1.807) is 14.2 Å². The number of phenols is 1. The van der Waals surface area contributed by atoms with Crippen molar-refractivity contribution in [1.29, 1.82) is 0 Å². The molecule has 2 aromatic carbocycles. The molecular formula is C23H30N2O4. The number of phenolic OH excluding ortho intramolecular Hbond substituents is 1.